The van der Waals surface area contributed by atoms with Gasteiger partial charge in [0.2, 0.25) is 10.0 Å². The molecule has 0 fully saturated rings. The molecule has 0 spiro atoms. The van der Waals surface area contributed by atoms with Gasteiger partial charge in [0.1, 0.15) is 0 Å². The molecule has 23 heavy (non-hydrogen) atoms. The average molecular weight is 459 g/mol. The molecule has 0 saturated carbocycles. The Hall–Kier alpha value is -1.56. The number of sulfonamides is 1. The lowest BCUT2D eigenvalue weighted by Crippen LogP contribution is -2.12. The van der Waals surface area contributed by atoms with E-state index in [9.17, 15) is 13.2 Å². The number of aromatic nitrogens is 1. The topological polar surface area (TPSA) is 102 Å². The minimum atomic E-state index is -3.77. The molecule has 0 bridgehead atoms. The van der Waals surface area contributed by atoms with Crippen molar-refractivity contribution in [2.75, 3.05) is 5.32 Å². The van der Waals surface area contributed by atoms with Crippen LogP contribution in [0.2, 0.25) is 0 Å². The van der Waals surface area contributed by atoms with Gasteiger partial charge in [0.05, 0.1) is 20.7 Å². The van der Waals surface area contributed by atoms with Crippen LogP contribution in [-0.2, 0) is 10.0 Å². The highest BCUT2D eigenvalue weighted by Crippen LogP contribution is 2.28. The fourth-order valence-electron chi connectivity index (χ4n) is 1.95. The van der Waals surface area contributed by atoms with E-state index in [1.165, 1.54) is 23.5 Å². The van der Waals surface area contributed by atoms with Crippen molar-refractivity contribution in [3.63, 3.8) is 0 Å². The number of nitrogens with one attached hydrogen (secondary N) is 1. The van der Waals surface area contributed by atoms with Crippen molar-refractivity contribution in [3.05, 3.63) is 51.6 Å². The summed E-state index contributed by atoms with van der Waals surface area (Å²) in [7, 11) is -3.77. The molecule has 1 heterocycles. The first kappa shape index (κ1) is 16.3. The Balaban J connectivity index is 1.92. The largest absolute Gasteiger partial charge is 0.298 e. The molecule has 2 aromatic carbocycles. The van der Waals surface area contributed by atoms with E-state index in [4.69, 9.17) is 5.14 Å². The van der Waals surface area contributed by atoms with Crippen molar-refractivity contribution >= 4 is 65.2 Å². The number of nitrogens with zero attached hydrogens (tertiary/aromatic N) is 1. The molecule has 0 aliphatic carbocycles. The van der Waals surface area contributed by atoms with Crippen LogP contribution in [0.4, 0.5) is 5.13 Å². The van der Waals surface area contributed by atoms with E-state index in [0.717, 1.165) is 3.57 Å². The highest BCUT2D eigenvalue weighted by molar-refractivity contribution is 14.1. The summed E-state index contributed by atoms with van der Waals surface area (Å²) < 4.78 is 24.2. The maximum atomic E-state index is 12.3. The number of anilines is 1. The minimum Gasteiger partial charge on any atom is -0.298 e. The number of primary sulfonamides is 1. The number of nitrogens with two attached hydrogens (primary N) is 1. The number of hydrogen-bond acceptors (Lipinski definition) is 5. The molecule has 118 valence electrons. The molecule has 0 radical (unpaired) electrons. The van der Waals surface area contributed by atoms with Crippen molar-refractivity contribution in [1.82, 2.24) is 4.98 Å². The molecule has 3 N–H and O–H groups in total. The number of benzene rings is 2. The molecule has 1 aromatic heterocycles. The molecule has 3 rings (SSSR count). The summed E-state index contributed by atoms with van der Waals surface area (Å²) in [6.07, 6.45) is 0. The Morgan fingerprint density at radius 1 is 1.22 bits per heavy atom. The van der Waals surface area contributed by atoms with Gasteiger partial charge in [-0.1, -0.05) is 23.5 Å². The quantitative estimate of drug-likeness (QED) is 0.588. The van der Waals surface area contributed by atoms with E-state index in [1.54, 1.807) is 18.2 Å². The molecule has 0 saturated heterocycles. The summed E-state index contributed by atoms with van der Waals surface area (Å²) in [4.78, 5) is 16.6. The average Bonchev–Trinajstić information content (AvgIpc) is 2.87. The summed E-state index contributed by atoms with van der Waals surface area (Å²) in [5.41, 5.74) is 1.15. The second-order valence-corrected chi connectivity index (χ2v) is 8.38. The Kier molecular flexibility index (Phi) is 4.36. The molecule has 3 aromatic rings. The molecule has 6 nitrogen and oxygen atoms in total. The van der Waals surface area contributed by atoms with E-state index in [1.807, 2.05) is 12.1 Å². The van der Waals surface area contributed by atoms with Crippen LogP contribution in [0.3, 0.4) is 0 Å². The first-order valence-corrected chi connectivity index (χ1v) is 9.78. The minimum absolute atomic E-state index is 0.0177. The zero-order chi connectivity index (χ0) is 16.6. The van der Waals surface area contributed by atoms with E-state index in [2.05, 4.69) is 32.9 Å². The lowest BCUT2D eigenvalue weighted by atomic mass is 10.2. The smallest absolute Gasteiger partial charge is 0.258 e. The summed E-state index contributed by atoms with van der Waals surface area (Å²) in [6.45, 7) is 0. The number of fused-ring (bicyclic) bond motifs is 1. The first-order chi connectivity index (χ1) is 10.8. The van der Waals surface area contributed by atoms with Gasteiger partial charge in [-0.3, -0.25) is 10.1 Å². The number of thiazole rings is 1. The summed E-state index contributed by atoms with van der Waals surface area (Å²) >= 11 is 3.28. The van der Waals surface area contributed by atoms with Crippen LogP contribution >= 0.6 is 33.9 Å². The zero-order valence-electron chi connectivity index (χ0n) is 11.5. The predicted octanol–water partition coefficient (Wildman–Crippen LogP) is 2.80. The SMILES string of the molecule is NS(=O)(=O)c1ccc2nc(NC(=O)c3ccccc3I)sc2c1. The summed E-state index contributed by atoms with van der Waals surface area (Å²) in [5.74, 6) is -0.263. The van der Waals surface area contributed by atoms with Crippen molar-refractivity contribution in [2.24, 2.45) is 5.14 Å². The van der Waals surface area contributed by atoms with Crippen LogP contribution in [0.15, 0.2) is 47.4 Å². The number of carbonyl (C=O) groups excluding carboxylic acids is 1. The molecule has 9 heteroatoms. The Morgan fingerprint density at radius 2 is 1.96 bits per heavy atom. The molecule has 0 aliphatic heterocycles. The van der Waals surface area contributed by atoms with Gasteiger partial charge in [-0.2, -0.15) is 0 Å². The predicted molar refractivity (Wildman–Crippen MR) is 98.1 cm³/mol. The molecule has 0 aliphatic rings. The van der Waals surface area contributed by atoms with Gasteiger partial charge in [0.15, 0.2) is 5.13 Å². The Labute approximate surface area is 149 Å². The molecule has 0 atom stereocenters. The highest BCUT2D eigenvalue weighted by atomic mass is 127. The monoisotopic (exact) mass is 459 g/mol. The number of amides is 1. The number of carbonyl (C=O) groups is 1. The van der Waals surface area contributed by atoms with Crippen LogP contribution in [0.25, 0.3) is 10.2 Å². The fourth-order valence-corrected chi connectivity index (χ4v) is 4.09. The summed E-state index contributed by atoms with van der Waals surface area (Å²) in [5, 5.41) is 8.24. The molecular weight excluding hydrogens is 449 g/mol. The normalized spacial score (nSPS) is 11.6. The maximum Gasteiger partial charge on any atom is 0.258 e. The van der Waals surface area contributed by atoms with Gasteiger partial charge >= 0.3 is 0 Å². The molecular formula is C14H10IN3O3S2. The first-order valence-electron chi connectivity index (χ1n) is 6.34. The lowest BCUT2D eigenvalue weighted by molar-refractivity contribution is 0.102. The number of halogens is 1. The van der Waals surface area contributed by atoms with E-state index in [0.29, 0.717) is 20.9 Å². The van der Waals surface area contributed by atoms with Crippen molar-refractivity contribution in [1.29, 1.82) is 0 Å². The lowest BCUT2D eigenvalue weighted by Gasteiger charge is -2.03. The zero-order valence-corrected chi connectivity index (χ0v) is 15.3. The van der Waals surface area contributed by atoms with Gasteiger partial charge in [-0.25, -0.2) is 18.5 Å². The van der Waals surface area contributed by atoms with Gasteiger partial charge in [0.25, 0.3) is 5.91 Å². The Bertz CT molecular complexity index is 1020. The third-order valence-corrected chi connectivity index (χ3v) is 5.81. The van der Waals surface area contributed by atoms with Crippen LogP contribution < -0.4 is 10.5 Å². The maximum absolute atomic E-state index is 12.3. The van der Waals surface area contributed by atoms with Crippen LogP contribution in [0.1, 0.15) is 10.4 Å². The van der Waals surface area contributed by atoms with Crippen LogP contribution in [0, 0.1) is 3.57 Å². The number of hydrogen-bond donors (Lipinski definition) is 2. The van der Waals surface area contributed by atoms with Gasteiger partial charge in [-0.05, 0) is 52.9 Å². The summed E-state index contributed by atoms with van der Waals surface area (Å²) in [6, 6.07) is 11.6. The van der Waals surface area contributed by atoms with Gasteiger partial charge in [-0.15, -0.1) is 0 Å². The van der Waals surface area contributed by atoms with Crippen LogP contribution in [-0.4, -0.2) is 19.3 Å². The van der Waals surface area contributed by atoms with E-state index >= 15 is 0 Å². The van der Waals surface area contributed by atoms with Gasteiger partial charge < -0.3 is 0 Å². The van der Waals surface area contributed by atoms with Crippen molar-refractivity contribution in [2.45, 2.75) is 4.90 Å². The highest BCUT2D eigenvalue weighted by Gasteiger charge is 2.14. The van der Waals surface area contributed by atoms with Crippen molar-refractivity contribution < 1.29 is 13.2 Å². The molecule has 1 amide bonds. The van der Waals surface area contributed by atoms with E-state index in [-0.39, 0.29) is 10.8 Å². The van der Waals surface area contributed by atoms with Crippen molar-refractivity contribution in [3.8, 4) is 0 Å². The second-order valence-electron chi connectivity index (χ2n) is 4.63. The van der Waals surface area contributed by atoms with Gasteiger partial charge in [0, 0.05) is 3.57 Å². The third-order valence-electron chi connectivity index (χ3n) is 3.03. The Morgan fingerprint density at radius 3 is 2.65 bits per heavy atom. The number of rotatable bonds is 3. The van der Waals surface area contributed by atoms with Crippen LogP contribution in [0.5, 0.6) is 0 Å². The molecule has 0 unspecified atom stereocenters. The standard InChI is InChI=1S/C14H10IN3O3S2/c15-10-4-2-1-3-9(10)13(19)18-14-17-11-6-5-8(23(16,20)21)7-12(11)22-14/h1-7H,(H2,16,20,21)(H,17,18,19). The van der Waals surface area contributed by atoms with E-state index < -0.39 is 10.0 Å². The third kappa shape index (κ3) is 3.52. The second kappa shape index (κ2) is 6.15. The fraction of sp³-hybridized carbons (Fsp3) is 0.